The van der Waals surface area contributed by atoms with Crippen LogP contribution in [0.3, 0.4) is 0 Å². The number of carbonyl (C=O) groups is 1. The third-order valence-electron chi connectivity index (χ3n) is 4.16. The van der Waals surface area contributed by atoms with Gasteiger partial charge in [0.1, 0.15) is 11.6 Å². The van der Waals surface area contributed by atoms with Crippen LogP contribution in [-0.2, 0) is 6.54 Å². The van der Waals surface area contributed by atoms with Crippen molar-refractivity contribution in [1.29, 1.82) is 0 Å². The molecule has 28 heavy (non-hydrogen) atoms. The summed E-state index contributed by atoms with van der Waals surface area (Å²) >= 11 is 0. The van der Waals surface area contributed by atoms with Crippen molar-refractivity contribution in [2.75, 3.05) is 5.32 Å². The molecule has 1 amide bonds. The monoisotopic (exact) mass is 382 g/mol. The van der Waals surface area contributed by atoms with E-state index in [1.54, 1.807) is 4.90 Å². The summed E-state index contributed by atoms with van der Waals surface area (Å²) in [5.41, 5.74) is 1.40. The molecule has 3 rings (SSSR count). The standard InChI is InChI=1S/C21H20F2N4O/c1-14(2)27(13-15-6-4-3-5-7-15)20(28)16-11-24-21(25-12-16)26-19-9-8-17(22)10-18(19)23/h3-12,14H,13H2,1-2H3,(H,24,25,26). The summed E-state index contributed by atoms with van der Waals surface area (Å²) in [7, 11) is 0. The molecule has 0 radical (unpaired) electrons. The number of hydrogen-bond acceptors (Lipinski definition) is 4. The quantitative estimate of drug-likeness (QED) is 0.680. The maximum atomic E-state index is 13.7. The zero-order chi connectivity index (χ0) is 20.1. The lowest BCUT2D eigenvalue weighted by Gasteiger charge is -2.26. The third kappa shape index (κ3) is 4.68. The van der Waals surface area contributed by atoms with Gasteiger partial charge < -0.3 is 10.2 Å². The van der Waals surface area contributed by atoms with Crippen molar-refractivity contribution in [1.82, 2.24) is 14.9 Å². The van der Waals surface area contributed by atoms with Crippen LogP contribution in [0.5, 0.6) is 0 Å². The Labute approximate surface area is 162 Å². The number of nitrogens with one attached hydrogen (secondary N) is 1. The van der Waals surface area contributed by atoms with Gasteiger partial charge >= 0.3 is 0 Å². The van der Waals surface area contributed by atoms with Crippen LogP contribution in [0.15, 0.2) is 60.9 Å². The molecule has 0 atom stereocenters. The van der Waals surface area contributed by atoms with Gasteiger partial charge in [-0.1, -0.05) is 30.3 Å². The van der Waals surface area contributed by atoms with Crippen molar-refractivity contribution < 1.29 is 13.6 Å². The second-order valence-corrected chi connectivity index (χ2v) is 6.56. The molecule has 0 spiro atoms. The Hall–Kier alpha value is -3.35. The Bertz CT molecular complexity index is 946. The lowest BCUT2D eigenvalue weighted by molar-refractivity contribution is 0.0689. The fraction of sp³-hybridized carbons (Fsp3) is 0.190. The number of anilines is 2. The van der Waals surface area contributed by atoms with Crippen molar-refractivity contribution in [2.45, 2.75) is 26.4 Å². The summed E-state index contributed by atoms with van der Waals surface area (Å²) in [6.45, 7) is 4.35. The minimum atomic E-state index is -0.752. The van der Waals surface area contributed by atoms with E-state index in [4.69, 9.17) is 0 Å². The summed E-state index contributed by atoms with van der Waals surface area (Å²) < 4.78 is 26.7. The van der Waals surface area contributed by atoms with E-state index in [-0.39, 0.29) is 23.6 Å². The molecule has 0 saturated carbocycles. The van der Waals surface area contributed by atoms with E-state index < -0.39 is 11.6 Å². The first-order chi connectivity index (χ1) is 13.4. The Morgan fingerprint density at radius 1 is 1.07 bits per heavy atom. The lowest BCUT2D eigenvalue weighted by atomic mass is 10.1. The second-order valence-electron chi connectivity index (χ2n) is 6.56. The predicted octanol–water partition coefficient (Wildman–Crippen LogP) is 4.55. The molecule has 1 heterocycles. The number of rotatable bonds is 6. The Balaban J connectivity index is 1.74. The fourth-order valence-electron chi connectivity index (χ4n) is 2.65. The summed E-state index contributed by atoms with van der Waals surface area (Å²) in [5.74, 6) is -1.51. The van der Waals surface area contributed by atoms with Crippen LogP contribution < -0.4 is 5.32 Å². The number of nitrogens with zero attached hydrogens (tertiary/aromatic N) is 3. The van der Waals surface area contributed by atoms with Crippen LogP contribution >= 0.6 is 0 Å². The molecular weight excluding hydrogens is 362 g/mol. The van der Waals surface area contributed by atoms with Gasteiger partial charge in [-0.2, -0.15) is 0 Å². The van der Waals surface area contributed by atoms with E-state index in [2.05, 4.69) is 15.3 Å². The lowest BCUT2D eigenvalue weighted by Crippen LogP contribution is -2.36. The van der Waals surface area contributed by atoms with E-state index in [1.807, 2.05) is 44.2 Å². The van der Waals surface area contributed by atoms with Crippen molar-refractivity contribution in [2.24, 2.45) is 0 Å². The predicted molar refractivity (Wildman–Crippen MR) is 103 cm³/mol. The molecule has 3 aromatic rings. The van der Waals surface area contributed by atoms with Gasteiger partial charge in [-0.25, -0.2) is 18.7 Å². The van der Waals surface area contributed by atoms with Crippen LogP contribution in [0.4, 0.5) is 20.4 Å². The molecule has 1 aromatic heterocycles. The van der Waals surface area contributed by atoms with E-state index in [9.17, 15) is 13.6 Å². The molecule has 144 valence electrons. The van der Waals surface area contributed by atoms with Crippen molar-refractivity contribution >= 4 is 17.5 Å². The zero-order valence-corrected chi connectivity index (χ0v) is 15.6. The molecule has 2 aromatic carbocycles. The molecule has 0 unspecified atom stereocenters. The second kappa shape index (κ2) is 8.56. The molecule has 0 fully saturated rings. The molecule has 0 aliphatic carbocycles. The highest BCUT2D eigenvalue weighted by Crippen LogP contribution is 2.19. The third-order valence-corrected chi connectivity index (χ3v) is 4.16. The molecule has 1 N–H and O–H groups in total. The topological polar surface area (TPSA) is 58.1 Å². The molecule has 0 bridgehead atoms. The average molecular weight is 382 g/mol. The first kappa shape index (κ1) is 19.4. The minimum Gasteiger partial charge on any atom is -0.332 e. The number of benzene rings is 2. The number of hydrogen-bond donors (Lipinski definition) is 1. The van der Waals surface area contributed by atoms with Gasteiger partial charge in [-0.3, -0.25) is 4.79 Å². The number of carbonyl (C=O) groups excluding carboxylic acids is 1. The van der Waals surface area contributed by atoms with Crippen LogP contribution in [0.25, 0.3) is 0 Å². The smallest absolute Gasteiger partial charge is 0.257 e. The summed E-state index contributed by atoms with van der Waals surface area (Å²) in [5, 5.41) is 2.67. The maximum Gasteiger partial charge on any atom is 0.257 e. The van der Waals surface area contributed by atoms with E-state index in [0.29, 0.717) is 12.1 Å². The Morgan fingerprint density at radius 3 is 2.36 bits per heavy atom. The van der Waals surface area contributed by atoms with Gasteiger partial charge in [-0.05, 0) is 31.5 Å². The fourth-order valence-corrected chi connectivity index (χ4v) is 2.65. The highest BCUT2D eigenvalue weighted by Gasteiger charge is 2.20. The van der Waals surface area contributed by atoms with E-state index >= 15 is 0 Å². The first-order valence-corrected chi connectivity index (χ1v) is 8.83. The van der Waals surface area contributed by atoms with Gasteiger partial charge in [-0.15, -0.1) is 0 Å². The number of aromatic nitrogens is 2. The van der Waals surface area contributed by atoms with Crippen molar-refractivity contribution in [3.8, 4) is 0 Å². The largest absolute Gasteiger partial charge is 0.332 e. The molecule has 0 saturated heterocycles. The van der Waals surface area contributed by atoms with Gasteiger partial charge in [0.2, 0.25) is 5.95 Å². The van der Waals surface area contributed by atoms with Crippen LogP contribution in [0.1, 0.15) is 29.8 Å². The van der Waals surface area contributed by atoms with Crippen molar-refractivity contribution in [3.05, 3.63) is 83.7 Å². The van der Waals surface area contributed by atoms with Gasteiger partial charge in [0.25, 0.3) is 5.91 Å². The van der Waals surface area contributed by atoms with E-state index in [1.165, 1.54) is 18.5 Å². The Kier molecular flexibility index (Phi) is 5.93. The summed E-state index contributed by atoms with van der Waals surface area (Å²) in [6, 6.07) is 12.8. The minimum absolute atomic E-state index is 0.0150. The average Bonchev–Trinajstić information content (AvgIpc) is 2.69. The molecule has 0 aliphatic rings. The maximum absolute atomic E-state index is 13.7. The van der Waals surface area contributed by atoms with E-state index in [0.717, 1.165) is 17.7 Å². The summed E-state index contributed by atoms with van der Waals surface area (Å²) in [4.78, 5) is 22.8. The van der Waals surface area contributed by atoms with Gasteiger partial charge in [0.15, 0.2) is 0 Å². The van der Waals surface area contributed by atoms with Crippen LogP contribution in [0.2, 0.25) is 0 Å². The normalized spacial score (nSPS) is 10.8. The summed E-state index contributed by atoms with van der Waals surface area (Å²) in [6.07, 6.45) is 2.78. The molecule has 0 aliphatic heterocycles. The van der Waals surface area contributed by atoms with Crippen molar-refractivity contribution in [3.63, 3.8) is 0 Å². The highest BCUT2D eigenvalue weighted by atomic mass is 19.1. The highest BCUT2D eigenvalue weighted by molar-refractivity contribution is 5.93. The van der Waals surface area contributed by atoms with Gasteiger partial charge in [0.05, 0.1) is 11.3 Å². The van der Waals surface area contributed by atoms with Crippen LogP contribution in [0, 0.1) is 11.6 Å². The Morgan fingerprint density at radius 2 is 1.75 bits per heavy atom. The molecule has 5 nitrogen and oxygen atoms in total. The SMILES string of the molecule is CC(C)N(Cc1ccccc1)C(=O)c1cnc(Nc2ccc(F)cc2F)nc1. The first-order valence-electron chi connectivity index (χ1n) is 8.83. The van der Waals surface area contributed by atoms with Crippen LogP contribution in [-0.4, -0.2) is 26.8 Å². The molecular formula is C21H20F2N4O. The zero-order valence-electron chi connectivity index (χ0n) is 15.6. The van der Waals surface area contributed by atoms with Gasteiger partial charge in [0, 0.05) is 31.0 Å². The number of halogens is 2. The number of amides is 1. The molecule has 7 heteroatoms.